The van der Waals surface area contributed by atoms with Gasteiger partial charge in [-0.15, -0.1) is 0 Å². The van der Waals surface area contributed by atoms with Gasteiger partial charge in [-0.3, -0.25) is 9.59 Å². The molecule has 0 saturated carbocycles. The molecule has 9 nitrogen and oxygen atoms in total. The molecule has 4 unspecified atom stereocenters. The number of rotatable bonds is 10. The van der Waals surface area contributed by atoms with E-state index in [1.54, 1.807) is 37.3 Å². The zero-order chi connectivity index (χ0) is 28.1. The van der Waals surface area contributed by atoms with Crippen LogP contribution in [0.1, 0.15) is 30.9 Å². The fraction of sp³-hybridized carbons (Fsp3) is 0.400. The van der Waals surface area contributed by atoms with Crippen LogP contribution in [0.25, 0.3) is 0 Å². The SMILES string of the molecule is COc1ccc(OC)c(CCN(C(=O)C=C(C)C)C2C=C(C(=O)NCCO)C3c4ccccc4OC3C2O)c1. The van der Waals surface area contributed by atoms with Gasteiger partial charge in [-0.25, -0.2) is 0 Å². The molecule has 2 aromatic rings. The minimum absolute atomic E-state index is 0.0827. The largest absolute Gasteiger partial charge is 0.497 e. The lowest BCUT2D eigenvalue weighted by Crippen LogP contribution is -2.56. The Kier molecular flexibility index (Phi) is 8.93. The normalized spacial score (nSPS) is 21.0. The second kappa shape index (κ2) is 12.4. The number of carbonyl (C=O) groups is 2. The highest BCUT2D eigenvalue weighted by atomic mass is 16.5. The number of amides is 2. The van der Waals surface area contributed by atoms with Crippen LogP contribution in [-0.4, -0.2) is 79.1 Å². The molecule has 2 aliphatic rings. The van der Waals surface area contributed by atoms with E-state index in [0.717, 1.165) is 16.7 Å². The van der Waals surface area contributed by atoms with Crippen LogP contribution in [-0.2, 0) is 16.0 Å². The lowest BCUT2D eigenvalue weighted by molar-refractivity contribution is -0.132. The van der Waals surface area contributed by atoms with E-state index in [1.807, 2.05) is 44.2 Å². The molecule has 1 aliphatic carbocycles. The van der Waals surface area contributed by atoms with Gasteiger partial charge in [-0.2, -0.15) is 0 Å². The Bertz CT molecular complexity index is 1270. The molecule has 39 heavy (non-hydrogen) atoms. The third-order valence-corrected chi connectivity index (χ3v) is 7.04. The number of carbonyl (C=O) groups excluding carboxylic acids is 2. The summed E-state index contributed by atoms with van der Waals surface area (Å²) in [5.74, 6) is 0.736. The zero-order valence-corrected chi connectivity index (χ0v) is 22.7. The zero-order valence-electron chi connectivity index (χ0n) is 22.7. The quantitative estimate of drug-likeness (QED) is 0.399. The highest BCUT2D eigenvalue weighted by molar-refractivity contribution is 5.96. The Hall–Kier alpha value is -3.82. The monoisotopic (exact) mass is 536 g/mol. The van der Waals surface area contributed by atoms with E-state index in [4.69, 9.17) is 14.2 Å². The van der Waals surface area contributed by atoms with Gasteiger partial charge in [0.05, 0.1) is 32.8 Å². The van der Waals surface area contributed by atoms with Gasteiger partial charge in [0.2, 0.25) is 11.8 Å². The molecule has 0 radical (unpaired) electrons. The molecule has 0 saturated heterocycles. The van der Waals surface area contributed by atoms with Gasteiger partial charge in [0.25, 0.3) is 0 Å². The van der Waals surface area contributed by atoms with Gasteiger partial charge in [-0.05, 0) is 56.2 Å². The summed E-state index contributed by atoms with van der Waals surface area (Å²) in [5, 5.41) is 23.6. The molecule has 0 aromatic heterocycles. The van der Waals surface area contributed by atoms with Crippen LogP contribution in [0.4, 0.5) is 0 Å². The number of nitrogens with one attached hydrogen (secondary N) is 1. The molecule has 0 spiro atoms. The number of para-hydroxylation sites is 1. The minimum Gasteiger partial charge on any atom is -0.497 e. The summed E-state index contributed by atoms with van der Waals surface area (Å²) in [5.41, 5.74) is 2.84. The topological polar surface area (TPSA) is 118 Å². The van der Waals surface area contributed by atoms with E-state index in [2.05, 4.69) is 5.32 Å². The number of aliphatic hydroxyl groups excluding tert-OH is 2. The molecule has 3 N–H and O–H groups in total. The summed E-state index contributed by atoms with van der Waals surface area (Å²) in [7, 11) is 3.16. The lowest BCUT2D eigenvalue weighted by Gasteiger charge is -2.40. The van der Waals surface area contributed by atoms with E-state index in [9.17, 15) is 19.8 Å². The molecule has 4 atom stereocenters. The Morgan fingerprint density at radius 2 is 1.90 bits per heavy atom. The average Bonchev–Trinajstić information content (AvgIpc) is 3.32. The van der Waals surface area contributed by atoms with Crippen molar-refractivity contribution in [3.05, 3.63) is 76.9 Å². The van der Waals surface area contributed by atoms with Crippen molar-refractivity contribution in [2.24, 2.45) is 0 Å². The van der Waals surface area contributed by atoms with Crippen LogP contribution in [0.15, 0.2) is 65.8 Å². The summed E-state index contributed by atoms with van der Waals surface area (Å²) in [6.45, 7) is 3.77. The van der Waals surface area contributed by atoms with Crippen LogP contribution in [0.5, 0.6) is 17.2 Å². The van der Waals surface area contributed by atoms with E-state index < -0.39 is 24.2 Å². The Morgan fingerprint density at radius 1 is 1.13 bits per heavy atom. The highest BCUT2D eigenvalue weighted by Crippen LogP contribution is 2.47. The fourth-order valence-corrected chi connectivity index (χ4v) is 5.25. The van der Waals surface area contributed by atoms with Crippen molar-refractivity contribution in [2.45, 2.75) is 44.4 Å². The van der Waals surface area contributed by atoms with E-state index in [1.165, 1.54) is 6.08 Å². The van der Waals surface area contributed by atoms with Crippen LogP contribution in [0, 0.1) is 0 Å². The second-order valence-corrected chi connectivity index (χ2v) is 9.86. The number of hydrogen-bond acceptors (Lipinski definition) is 7. The molecular weight excluding hydrogens is 500 g/mol. The summed E-state index contributed by atoms with van der Waals surface area (Å²) in [6, 6.07) is 12.0. The van der Waals surface area contributed by atoms with Crippen molar-refractivity contribution in [1.82, 2.24) is 10.2 Å². The number of fused-ring (bicyclic) bond motifs is 3. The van der Waals surface area contributed by atoms with Crippen molar-refractivity contribution in [3.63, 3.8) is 0 Å². The first-order valence-corrected chi connectivity index (χ1v) is 13.0. The molecule has 9 heteroatoms. The van der Waals surface area contributed by atoms with Crippen molar-refractivity contribution >= 4 is 11.8 Å². The standard InChI is InChI=1S/C30H36N2O7/c1-18(2)15-26(34)32(13-11-19-16-20(37-3)9-10-24(19)38-4)23-17-22(30(36)31-12-14-33)27-21-7-5-6-8-25(21)39-29(27)28(23)35/h5-10,15-17,23,27-29,33,35H,11-14H2,1-4H3,(H,31,36). The maximum absolute atomic E-state index is 13.5. The predicted octanol–water partition coefficient (Wildman–Crippen LogP) is 2.36. The average molecular weight is 537 g/mol. The van der Waals surface area contributed by atoms with Crippen molar-refractivity contribution < 1.29 is 34.0 Å². The van der Waals surface area contributed by atoms with Gasteiger partial charge in [0.1, 0.15) is 29.5 Å². The first-order valence-electron chi connectivity index (χ1n) is 13.0. The number of nitrogens with zero attached hydrogens (tertiary/aromatic N) is 1. The summed E-state index contributed by atoms with van der Waals surface area (Å²) >= 11 is 0. The van der Waals surface area contributed by atoms with Crippen LogP contribution < -0.4 is 19.5 Å². The van der Waals surface area contributed by atoms with Gasteiger partial charge in [0, 0.05) is 30.3 Å². The highest BCUT2D eigenvalue weighted by Gasteiger charge is 2.50. The third-order valence-electron chi connectivity index (χ3n) is 7.04. The summed E-state index contributed by atoms with van der Waals surface area (Å²) < 4.78 is 17.1. The Labute approximate surface area is 228 Å². The first-order chi connectivity index (χ1) is 18.8. The van der Waals surface area contributed by atoms with Crippen LogP contribution >= 0.6 is 0 Å². The van der Waals surface area contributed by atoms with Gasteiger partial charge >= 0.3 is 0 Å². The lowest BCUT2D eigenvalue weighted by atomic mass is 9.77. The molecule has 4 rings (SSSR count). The molecule has 208 valence electrons. The minimum atomic E-state index is -1.10. The number of aliphatic hydroxyl groups is 2. The molecule has 2 aromatic carbocycles. The maximum atomic E-state index is 13.5. The predicted molar refractivity (Wildman–Crippen MR) is 146 cm³/mol. The maximum Gasteiger partial charge on any atom is 0.247 e. The van der Waals surface area contributed by atoms with Crippen molar-refractivity contribution in [3.8, 4) is 17.2 Å². The Balaban J connectivity index is 1.74. The molecular formula is C30H36N2O7. The molecule has 1 aliphatic heterocycles. The van der Waals surface area contributed by atoms with Crippen LogP contribution in [0.3, 0.4) is 0 Å². The molecule has 0 bridgehead atoms. The summed E-state index contributed by atoms with van der Waals surface area (Å²) in [4.78, 5) is 28.4. The number of ether oxygens (including phenoxy) is 3. The fourth-order valence-electron chi connectivity index (χ4n) is 5.25. The number of allylic oxidation sites excluding steroid dienone is 1. The Morgan fingerprint density at radius 3 is 2.59 bits per heavy atom. The van der Waals surface area contributed by atoms with Gasteiger partial charge in [-0.1, -0.05) is 23.8 Å². The van der Waals surface area contributed by atoms with Gasteiger partial charge < -0.3 is 34.6 Å². The number of benzene rings is 2. The second-order valence-electron chi connectivity index (χ2n) is 9.86. The van der Waals surface area contributed by atoms with Crippen molar-refractivity contribution in [1.29, 1.82) is 0 Å². The van der Waals surface area contributed by atoms with E-state index in [0.29, 0.717) is 29.2 Å². The van der Waals surface area contributed by atoms with Crippen LogP contribution in [0.2, 0.25) is 0 Å². The molecule has 0 fully saturated rings. The summed E-state index contributed by atoms with van der Waals surface area (Å²) in [6.07, 6.45) is 1.74. The van der Waals surface area contributed by atoms with Gasteiger partial charge in [0.15, 0.2) is 0 Å². The van der Waals surface area contributed by atoms with E-state index in [-0.39, 0.29) is 31.5 Å². The van der Waals surface area contributed by atoms with Crippen molar-refractivity contribution in [2.75, 3.05) is 33.9 Å². The number of methoxy groups -OCH3 is 2. The van der Waals surface area contributed by atoms with E-state index >= 15 is 0 Å². The molecule has 2 amide bonds. The third kappa shape index (κ3) is 5.94. The molecule has 1 heterocycles. The number of hydrogen-bond donors (Lipinski definition) is 3. The smallest absolute Gasteiger partial charge is 0.247 e. The first kappa shape index (κ1) is 28.2.